The lowest BCUT2D eigenvalue weighted by atomic mass is 10.4. The molecule has 0 aliphatic rings. The molecule has 0 bridgehead atoms. The van der Waals surface area contributed by atoms with E-state index >= 15 is 0 Å². The van der Waals surface area contributed by atoms with E-state index in [1.165, 1.54) is 0 Å². The minimum absolute atomic E-state index is 0.630. The second-order valence-corrected chi connectivity index (χ2v) is 5.61. The fraction of sp³-hybridized carbons (Fsp3) is 0.0714. The van der Waals surface area contributed by atoms with Crippen molar-refractivity contribution in [1.29, 1.82) is 0 Å². The summed E-state index contributed by atoms with van der Waals surface area (Å²) < 4.78 is 0. The molecule has 0 fully saturated rings. The van der Waals surface area contributed by atoms with Crippen molar-refractivity contribution in [2.24, 2.45) is 0 Å². The van der Waals surface area contributed by atoms with Crippen molar-refractivity contribution >= 4 is 28.8 Å². The van der Waals surface area contributed by atoms with Gasteiger partial charge in [0.1, 0.15) is 10.8 Å². The maximum absolute atomic E-state index is 5.79. The molecular weight excluding hydrogens is 292 g/mol. The summed E-state index contributed by atoms with van der Waals surface area (Å²) in [6.45, 7) is 0.680. The van der Waals surface area contributed by atoms with Crippen LogP contribution in [0.15, 0.2) is 48.9 Å². The van der Waals surface area contributed by atoms with Crippen LogP contribution in [-0.4, -0.2) is 15.0 Å². The maximum Gasteiger partial charge on any atom is 0.142 e. The van der Waals surface area contributed by atoms with Gasteiger partial charge in [0, 0.05) is 23.5 Å². The van der Waals surface area contributed by atoms with Crippen LogP contribution >= 0.6 is 22.9 Å². The van der Waals surface area contributed by atoms with Crippen LogP contribution in [0, 0.1) is 0 Å². The van der Waals surface area contributed by atoms with E-state index in [9.17, 15) is 0 Å². The smallest absolute Gasteiger partial charge is 0.142 e. The molecule has 0 saturated carbocycles. The lowest BCUT2D eigenvalue weighted by molar-refractivity contribution is 1.13. The van der Waals surface area contributed by atoms with Gasteiger partial charge in [0.15, 0.2) is 0 Å². The summed E-state index contributed by atoms with van der Waals surface area (Å²) in [5, 5.41) is 4.79. The number of nitrogens with zero attached hydrogens (tertiary/aromatic N) is 3. The number of nitrogens with one attached hydrogen (secondary N) is 1. The van der Waals surface area contributed by atoms with Gasteiger partial charge in [-0.15, -0.1) is 11.3 Å². The summed E-state index contributed by atoms with van der Waals surface area (Å²) in [4.78, 5) is 14.0. The lowest BCUT2D eigenvalue weighted by Crippen LogP contribution is -1.98. The molecule has 6 heteroatoms. The van der Waals surface area contributed by atoms with Crippen LogP contribution in [-0.2, 0) is 6.54 Å². The highest BCUT2D eigenvalue weighted by molar-refractivity contribution is 7.15. The van der Waals surface area contributed by atoms with E-state index in [2.05, 4.69) is 20.3 Å². The van der Waals surface area contributed by atoms with Gasteiger partial charge in [-0.1, -0.05) is 17.7 Å². The molecular formula is C14H11ClN4S. The molecule has 3 heterocycles. The number of hydrogen-bond donors (Lipinski definition) is 1. The summed E-state index contributed by atoms with van der Waals surface area (Å²) in [6.07, 6.45) is 5.25. The minimum Gasteiger partial charge on any atom is -0.365 e. The first-order valence-corrected chi connectivity index (χ1v) is 7.22. The Morgan fingerprint density at radius 1 is 1.05 bits per heavy atom. The largest absolute Gasteiger partial charge is 0.365 e. The van der Waals surface area contributed by atoms with Gasteiger partial charge in [0.05, 0.1) is 17.3 Å². The van der Waals surface area contributed by atoms with E-state index in [1.807, 2.05) is 36.5 Å². The van der Waals surface area contributed by atoms with Gasteiger partial charge in [-0.2, -0.15) is 0 Å². The lowest BCUT2D eigenvalue weighted by Gasteiger charge is -2.02. The van der Waals surface area contributed by atoms with Crippen molar-refractivity contribution in [3.63, 3.8) is 0 Å². The third-order valence-electron chi connectivity index (χ3n) is 2.61. The molecule has 0 radical (unpaired) electrons. The Hall–Kier alpha value is -1.98. The summed E-state index contributed by atoms with van der Waals surface area (Å²) in [5.41, 5.74) is 0.897. The Kier molecular flexibility index (Phi) is 3.90. The normalized spacial score (nSPS) is 10.4. The average molecular weight is 303 g/mol. The van der Waals surface area contributed by atoms with Crippen molar-refractivity contribution in [3.8, 4) is 10.7 Å². The van der Waals surface area contributed by atoms with E-state index in [0.29, 0.717) is 11.6 Å². The standard InChI is InChI=1S/C14H11ClN4S/c15-10-4-5-13(17-7-10)18-8-11-9-19-14(20-11)12-3-1-2-6-16-12/h1-7,9H,8H2,(H,17,18). The third kappa shape index (κ3) is 3.12. The number of rotatable bonds is 4. The van der Waals surface area contributed by atoms with Crippen LogP contribution in [0.25, 0.3) is 10.7 Å². The average Bonchev–Trinajstić information content (AvgIpc) is 2.97. The van der Waals surface area contributed by atoms with Crippen molar-refractivity contribution in [1.82, 2.24) is 15.0 Å². The van der Waals surface area contributed by atoms with Crippen LogP contribution < -0.4 is 5.32 Å². The Balaban J connectivity index is 1.67. The van der Waals surface area contributed by atoms with E-state index < -0.39 is 0 Å². The fourth-order valence-corrected chi connectivity index (χ4v) is 2.60. The summed E-state index contributed by atoms with van der Waals surface area (Å²) >= 11 is 7.41. The molecule has 0 unspecified atom stereocenters. The summed E-state index contributed by atoms with van der Waals surface area (Å²) in [7, 11) is 0. The zero-order chi connectivity index (χ0) is 13.8. The SMILES string of the molecule is Clc1ccc(NCc2cnc(-c3ccccn3)s2)nc1. The third-order valence-corrected chi connectivity index (χ3v) is 3.85. The molecule has 0 aliphatic heterocycles. The monoisotopic (exact) mass is 302 g/mol. The Morgan fingerprint density at radius 3 is 2.75 bits per heavy atom. The zero-order valence-corrected chi connectivity index (χ0v) is 12.0. The molecule has 0 aliphatic carbocycles. The predicted octanol–water partition coefficient (Wildman–Crippen LogP) is 3.87. The molecule has 3 aromatic rings. The first kappa shape index (κ1) is 13.0. The number of halogens is 1. The van der Waals surface area contributed by atoms with E-state index in [4.69, 9.17) is 11.6 Å². The minimum atomic E-state index is 0.630. The van der Waals surface area contributed by atoms with Crippen LogP contribution in [0.4, 0.5) is 5.82 Å². The maximum atomic E-state index is 5.79. The van der Waals surface area contributed by atoms with Gasteiger partial charge in [-0.05, 0) is 24.3 Å². The highest BCUT2D eigenvalue weighted by atomic mass is 35.5. The second-order valence-electron chi connectivity index (χ2n) is 4.06. The van der Waals surface area contributed by atoms with Crippen LogP contribution in [0.5, 0.6) is 0 Å². The zero-order valence-electron chi connectivity index (χ0n) is 10.5. The molecule has 0 spiro atoms. The topological polar surface area (TPSA) is 50.7 Å². The fourth-order valence-electron chi connectivity index (χ4n) is 1.65. The predicted molar refractivity (Wildman–Crippen MR) is 81.9 cm³/mol. The Bertz CT molecular complexity index is 682. The quantitative estimate of drug-likeness (QED) is 0.795. The molecule has 3 rings (SSSR count). The van der Waals surface area contributed by atoms with Crippen molar-refractivity contribution in [2.75, 3.05) is 5.32 Å². The van der Waals surface area contributed by atoms with Crippen LogP contribution in [0.2, 0.25) is 5.02 Å². The number of anilines is 1. The molecule has 0 atom stereocenters. The van der Waals surface area contributed by atoms with Gasteiger partial charge >= 0.3 is 0 Å². The van der Waals surface area contributed by atoms with Gasteiger partial charge in [-0.25, -0.2) is 9.97 Å². The number of pyridine rings is 2. The van der Waals surface area contributed by atoms with Gasteiger partial charge in [-0.3, -0.25) is 4.98 Å². The first-order chi connectivity index (χ1) is 9.81. The van der Waals surface area contributed by atoms with E-state index in [0.717, 1.165) is 21.4 Å². The Labute approximate surface area is 125 Å². The highest BCUT2D eigenvalue weighted by Crippen LogP contribution is 2.23. The molecule has 0 saturated heterocycles. The van der Waals surface area contributed by atoms with Crippen molar-refractivity contribution in [3.05, 3.63) is 58.8 Å². The van der Waals surface area contributed by atoms with Gasteiger partial charge < -0.3 is 5.32 Å². The summed E-state index contributed by atoms with van der Waals surface area (Å²) in [5.74, 6) is 0.794. The Morgan fingerprint density at radius 2 is 2.00 bits per heavy atom. The molecule has 20 heavy (non-hydrogen) atoms. The molecule has 3 aromatic heterocycles. The van der Waals surface area contributed by atoms with E-state index in [1.54, 1.807) is 23.7 Å². The van der Waals surface area contributed by atoms with Crippen LogP contribution in [0.3, 0.4) is 0 Å². The summed E-state index contributed by atoms with van der Waals surface area (Å²) in [6, 6.07) is 9.47. The van der Waals surface area contributed by atoms with Gasteiger partial charge in [0.2, 0.25) is 0 Å². The molecule has 4 nitrogen and oxygen atoms in total. The first-order valence-electron chi connectivity index (χ1n) is 6.03. The van der Waals surface area contributed by atoms with Crippen molar-refractivity contribution in [2.45, 2.75) is 6.54 Å². The van der Waals surface area contributed by atoms with E-state index in [-0.39, 0.29) is 0 Å². The van der Waals surface area contributed by atoms with Crippen LogP contribution in [0.1, 0.15) is 4.88 Å². The molecule has 0 amide bonds. The number of thiazole rings is 1. The highest BCUT2D eigenvalue weighted by Gasteiger charge is 2.05. The van der Waals surface area contributed by atoms with Crippen molar-refractivity contribution < 1.29 is 0 Å². The molecule has 1 N–H and O–H groups in total. The molecule has 100 valence electrons. The number of hydrogen-bond acceptors (Lipinski definition) is 5. The second kappa shape index (κ2) is 5.98. The molecule has 0 aromatic carbocycles. The van der Waals surface area contributed by atoms with Gasteiger partial charge in [0.25, 0.3) is 0 Å². The number of aromatic nitrogens is 3.